The van der Waals surface area contributed by atoms with E-state index in [4.69, 9.17) is 5.11 Å². The molecule has 0 heterocycles. The van der Waals surface area contributed by atoms with Gasteiger partial charge in [-0.15, -0.1) is 0 Å². The van der Waals surface area contributed by atoms with E-state index in [-0.39, 0.29) is 21.8 Å². The molecule has 3 nitrogen and oxygen atoms in total. The van der Waals surface area contributed by atoms with Crippen LogP contribution in [0.25, 0.3) is 0 Å². The molecule has 0 saturated heterocycles. The van der Waals surface area contributed by atoms with Gasteiger partial charge in [0.05, 0.1) is 27.0 Å². The maximum atomic E-state index is 13.8. The van der Waals surface area contributed by atoms with Crippen molar-refractivity contribution in [3.8, 4) is 0 Å². The summed E-state index contributed by atoms with van der Waals surface area (Å²) in [5, 5.41) is 9.13. The van der Waals surface area contributed by atoms with Gasteiger partial charge in [-0.2, -0.15) is 0 Å². The van der Waals surface area contributed by atoms with Gasteiger partial charge in [-0.3, -0.25) is 4.21 Å². The molecule has 1 unspecified atom stereocenters. The zero-order chi connectivity index (χ0) is 15.6. The summed E-state index contributed by atoms with van der Waals surface area (Å²) >= 11 is 6.36. The first-order valence-corrected chi connectivity index (χ1v) is 8.64. The van der Waals surface area contributed by atoms with Crippen LogP contribution in [0.2, 0.25) is 0 Å². The van der Waals surface area contributed by atoms with Crippen LogP contribution in [0.5, 0.6) is 0 Å². The fourth-order valence-electron chi connectivity index (χ4n) is 1.72. The molecule has 0 saturated carbocycles. The van der Waals surface area contributed by atoms with Gasteiger partial charge in [0.15, 0.2) is 0 Å². The Morgan fingerprint density at radius 2 is 1.76 bits per heavy atom. The van der Waals surface area contributed by atoms with Crippen molar-refractivity contribution in [2.24, 2.45) is 0 Å². The van der Waals surface area contributed by atoms with Gasteiger partial charge in [-0.25, -0.2) is 9.18 Å². The third-order valence-corrected chi connectivity index (χ3v) is 5.11. The average molecular weight is 436 g/mol. The van der Waals surface area contributed by atoms with Crippen molar-refractivity contribution >= 4 is 48.6 Å². The summed E-state index contributed by atoms with van der Waals surface area (Å²) in [6.45, 7) is 0. The van der Waals surface area contributed by atoms with Crippen LogP contribution >= 0.6 is 31.9 Å². The second-order valence-electron chi connectivity index (χ2n) is 4.17. The van der Waals surface area contributed by atoms with E-state index >= 15 is 0 Å². The van der Waals surface area contributed by atoms with Crippen molar-refractivity contribution in [3.05, 3.63) is 62.3 Å². The Hall–Kier alpha value is -1.05. The third kappa shape index (κ3) is 3.99. The lowest BCUT2D eigenvalue weighted by molar-refractivity contribution is 0.0693. The molecule has 0 aliphatic heterocycles. The van der Waals surface area contributed by atoms with E-state index in [0.29, 0.717) is 8.95 Å². The number of rotatable bonds is 4. The highest BCUT2D eigenvalue weighted by molar-refractivity contribution is 9.10. The SMILES string of the molecule is O=C(O)c1ccc(Br)cc1S(=O)Cc1ccc(Br)cc1F. The zero-order valence-electron chi connectivity index (χ0n) is 10.5. The minimum absolute atomic E-state index is 0.0472. The molecule has 0 fully saturated rings. The Morgan fingerprint density at radius 3 is 2.38 bits per heavy atom. The van der Waals surface area contributed by atoms with Crippen molar-refractivity contribution in [3.63, 3.8) is 0 Å². The minimum Gasteiger partial charge on any atom is -0.478 e. The van der Waals surface area contributed by atoms with Crippen LogP contribution in [-0.2, 0) is 16.6 Å². The first kappa shape index (κ1) is 16.3. The number of halogens is 3. The molecule has 2 rings (SSSR count). The van der Waals surface area contributed by atoms with Crippen LogP contribution in [0.1, 0.15) is 15.9 Å². The van der Waals surface area contributed by atoms with E-state index in [1.807, 2.05) is 0 Å². The molecule has 110 valence electrons. The molecule has 0 aromatic heterocycles. The first-order valence-electron chi connectivity index (χ1n) is 5.73. The number of carbonyl (C=O) groups is 1. The van der Waals surface area contributed by atoms with Crippen LogP contribution < -0.4 is 0 Å². The van der Waals surface area contributed by atoms with Crippen LogP contribution in [-0.4, -0.2) is 15.3 Å². The lowest BCUT2D eigenvalue weighted by atomic mass is 10.2. The van der Waals surface area contributed by atoms with Crippen molar-refractivity contribution in [2.75, 3.05) is 0 Å². The second kappa shape index (κ2) is 6.81. The summed E-state index contributed by atoms with van der Waals surface area (Å²) in [4.78, 5) is 11.3. The van der Waals surface area contributed by atoms with Crippen LogP contribution in [0.4, 0.5) is 4.39 Å². The zero-order valence-corrected chi connectivity index (χ0v) is 14.5. The lowest BCUT2D eigenvalue weighted by Crippen LogP contribution is -2.07. The molecule has 1 N–H and O–H groups in total. The van der Waals surface area contributed by atoms with Gasteiger partial charge >= 0.3 is 5.97 Å². The Kier molecular flexibility index (Phi) is 5.29. The normalized spacial score (nSPS) is 12.1. The van der Waals surface area contributed by atoms with Crippen molar-refractivity contribution < 1.29 is 18.5 Å². The highest BCUT2D eigenvalue weighted by atomic mass is 79.9. The molecule has 0 radical (unpaired) electrons. The molecule has 7 heteroatoms. The number of carboxylic acids is 1. The van der Waals surface area contributed by atoms with E-state index in [0.717, 1.165) is 0 Å². The summed E-state index contributed by atoms with van der Waals surface area (Å²) in [5.74, 6) is -1.73. The molecule has 0 spiro atoms. The van der Waals surface area contributed by atoms with Crippen LogP contribution in [0.15, 0.2) is 50.2 Å². The maximum absolute atomic E-state index is 13.8. The van der Waals surface area contributed by atoms with Crippen molar-refractivity contribution in [1.82, 2.24) is 0 Å². The first-order chi connectivity index (χ1) is 9.88. The topological polar surface area (TPSA) is 54.4 Å². The van der Waals surface area contributed by atoms with Gasteiger partial charge in [0, 0.05) is 14.5 Å². The van der Waals surface area contributed by atoms with Crippen molar-refractivity contribution in [2.45, 2.75) is 10.6 Å². The van der Waals surface area contributed by atoms with Gasteiger partial charge in [-0.1, -0.05) is 37.9 Å². The molecule has 0 amide bonds. The molecule has 0 bridgehead atoms. The smallest absolute Gasteiger partial charge is 0.336 e. The monoisotopic (exact) mass is 434 g/mol. The van der Waals surface area contributed by atoms with Gasteiger partial charge in [0.2, 0.25) is 0 Å². The van der Waals surface area contributed by atoms with E-state index < -0.39 is 22.6 Å². The van der Waals surface area contributed by atoms with Crippen LogP contribution in [0.3, 0.4) is 0 Å². The highest BCUT2D eigenvalue weighted by Gasteiger charge is 2.17. The Balaban J connectivity index is 2.36. The third-order valence-electron chi connectivity index (χ3n) is 2.72. The highest BCUT2D eigenvalue weighted by Crippen LogP contribution is 2.24. The standard InChI is InChI=1S/C14H9Br2FO3S/c15-9-2-1-8(12(17)5-9)7-21(20)13-6-10(16)3-4-11(13)14(18)19/h1-6H,7H2,(H,18,19). The van der Waals surface area contributed by atoms with Crippen LogP contribution in [0, 0.1) is 5.82 Å². The van der Waals surface area contributed by atoms with E-state index in [1.54, 1.807) is 12.1 Å². The fourth-order valence-corrected chi connectivity index (χ4v) is 3.90. The van der Waals surface area contributed by atoms with Crippen molar-refractivity contribution in [1.29, 1.82) is 0 Å². The number of carboxylic acid groups (broad SMARTS) is 1. The summed E-state index contributed by atoms with van der Waals surface area (Å²) in [6.07, 6.45) is 0. The molecule has 0 aliphatic rings. The quantitative estimate of drug-likeness (QED) is 0.776. The summed E-state index contributed by atoms with van der Waals surface area (Å²) in [6, 6.07) is 8.87. The molecule has 21 heavy (non-hydrogen) atoms. The number of hydrogen-bond acceptors (Lipinski definition) is 2. The molecule has 1 atom stereocenters. The Morgan fingerprint density at radius 1 is 1.14 bits per heavy atom. The molecular formula is C14H9Br2FO3S. The van der Waals surface area contributed by atoms with E-state index in [1.165, 1.54) is 24.3 Å². The molecular weight excluding hydrogens is 427 g/mol. The minimum atomic E-state index is -1.66. The van der Waals surface area contributed by atoms with E-state index in [9.17, 15) is 13.4 Å². The summed E-state index contributed by atoms with van der Waals surface area (Å²) in [7, 11) is -1.66. The average Bonchev–Trinajstić information content (AvgIpc) is 2.41. The molecule has 0 aliphatic carbocycles. The fraction of sp³-hybridized carbons (Fsp3) is 0.0714. The Labute approximate surface area is 139 Å². The molecule has 2 aromatic rings. The van der Waals surface area contributed by atoms with Gasteiger partial charge < -0.3 is 5.11 Å². The second-order valence-corrected chi connectivity index (χ2v) is 7.42. The predicted molar refractivity (Wildman–Crippen MR) is 85.3 cm³/mol. The van der Waals surface area contributed by atoms with Gasteiger partial charge in [0.1, 0.15) is 5.82 Å². The summed E-state index contributed by atoms with van der Waals surface area (Å²) in [5.41, 5.74) is 0.224. The lowest BCUT2D eigenvalue weighted by Gasteiger charge is -2.08. The molecule has 2 aromatic carbocycles. The predicted octanol–water partition coefficient (Wildman–Crippen LogP) is 4.36. The van der Waals surface area contributed by atoms with Gasteiger partial charge in [0.25, 0.3) is 0 Å². The number of hydrogen-bond donors (Lipinski definition) is 1. The Bertz CT molecular complexity index is 734. The van der Waals surface area contributed by atoms with E-state index in [2.05, 4.69) is 31.9 Å². The number of benzene rings is 2. The van der Waals surface area contributed by atoms with Gasteiger partial charge in [-0.05, 0) is 30.3 Å². The summed E-state index contributed by atoms with van der Waals surface area (Å²) < 4.78 is 27.4. The number of aromatic carboxylic acids is 1. The maximum Gasteiger partial charge on any atom is 0.336 e. The largest absolute Gasteiger partial charge is 0.478 e.